The maximum Gasteiger partial charge on any atom is 0.404 e. The Labute approximate surface area is 84.3 Å². The van der Waals surface area contributed by atoms with Gasteiger partial charge in [0.25, 0.3) is 0 Å². The normalized spacial score (nSPS) is 10.1. The number of amides is 1. The number of nitrogens with two attached hydrogens (primary N) is 1. The predicted octanol–water partition coefficient (Wildman–Crippen LogP) is -3.21. The minimum absolute atomic E-state index is 0. The van der Waals surface area contributed by atoms with Gasteiger partial charge < -0.3 is 38.9 Å². The molecule has 1 amide bonds. The van der Waals surface area contributed by atoms with Gasteiger partial charge >= 0.3 is 6.09 Å². The van der Waals surface area contributed by atoms with Crippen LogP contribution in [0, 0.1) is 0 Å². The van der Waals surface area contributed by atoms with Gasteiger partial charge in [0.1, 0.15) is 13.2 Å². The number of rotatable bonds is 3. The first-order valence-corrected chi connectivity index (χ1v) is 3.14. The SMILES string of the molecule is C[N+](C)(C)CCOC(N)=O.[I-]. The van der Waals surface area contributed by atoms with E-state index < -0.39 is 6.09 Å². The first-order valence-electron chi connectivity index (χ1n) is 3.14. The van der Waals surface area contributed by atoms with Gasteiger partial charge in [0, 0.05) is 0 Å². The van der Waals surface area contributed by atoms with E-state index in [1.807, 2.05) is 21.1 Å². The van der Waals surface area contributed by atoms with E-state index in [4.69, 9.17) is 5.73 Å². The number of primary amides is 1. The Kier molecular flexibility index (Phi) is 6.88. The van der Waals surface area contributed by atoms with Crippen molar-refractivity contribution in [3.63, 3.8) is 0 Å². The molecule has 5 heteroatoms. The van der Waals surface area contributed by atoms with Gasteiger partial charge in [-0.15, -0.1) is 0 Å². The van der Waals surface area contributed by atoms with Crippen molar-refractivity contribution < 1.29 is 38.0 Å². The largest absolute Gasteiger partial charge is 1.00 e. The van der Waals surface area contributed by atoms with Gasteiger partial charge in [-0.2, -0.15) is 0 Å². The number of halogens is 1. The summed E-state index contributed by atoms with van der Waals surface area (Å²) in [7, 11) is 6.05. The van der Waals surface area contributed by atoms with Crippen LogP contribution in [-0.4, -0.2) is 44.9 Å². The average Bonchev–Trinajstić information content (AvgIpc) is 1.59. The van der Waals surface area contributed by atoms with Crippen LogP contribution in [0.1, 0.15) is 0 Å². The Morgan fingerprint density at radius 3 is 2.18 bits per heavy atom. The molecule has 0 unspecified atom stereocenters. The highest BCUT2D eigenvalue weighted by Crippen LogP contribution is 1.88. The zero-order valence-electron chi connectivity index (χ0n) is 7.13. The van der Waals surface area contributed by atoms with Crippen molar-refractivity contribution in [1.82, 2.24) is 0 Å². The second-order valence-electron chi connectivity index (χ2n) is 3.18. The maximum atomic E-state index is 10.1. The molecule has 2 N–H and O–H groups in total. The van der Waals surface area contributed by atoms with Crippen LogP contribution in [0.4, 0.5) is 4.79 Å². The van der Waals surface area contributed by atoms with Crippen LogP contribution in [-0.2, 0) is 4.74 Å². The Bertz CT molecular complexity index is 122. The molecule has 0 bridgehead atoms. The lowest BCUT2D eigenvalue weighted by atomic mass is 10.5. The fourth-order valence-corrected chi connectivity index (χ4v) is 0.420. The third-order valence-electron chi connectivity index (χ3n) is 1.01. The Balaban J connectivity index is 0. The van der Waals surface area contributed by atoms with Crippen molar-refractivity contribution in [1.29, 1.82) is 0 Å². The Morgan fingerprint density at radius 2 is 1.91 bits per heavy atom. The quantitative estimate of drug-likeness (QED) is 0.435. The van der Waals surface area contributed by atoms with Crippen LogP contribution < -0.4 is 29.7 Å². The second kappa shape index (κ2) is 5.59. The predicted molar refractivity (Wildman–Crippen MR) is 38.4 cm³/mol. The summed E-state index contributed by atoms with van der Waals surface area (Å²) in [5.74, 6) is 0. The van der Waals surface area contributed by atoms with Crippen LogP contribution in [0.15, 0.2) is 0 Å². The molecule has 0 atom stereocenters. The fraction of sp³-hybridized carbons (Fsp3) is 0.833. The molecule has 0 aliphatic heterocycles. The van der Waals surface area contributed by atoms with Crippen molar-refractivity contribution in [2.45, 2.75) is 0 Å². The zero-order chi connectivity index (χ0) is 8.20. The summed E-state index contributed by atoms with van der Waals surface area (Å²) in [6.45, 7) is 1.17. The summed E-state index contributed by atoms with van der Waals surface area (Å²) in [4.78, 5) is 10.1. The topological polar surface area (TPSA) is 52.3 Å². The van der Waals surface area contributed by atoms with Crippen molar-refractivity contribution in [2.75, 3.05) is 34.3 Å². The third-order valence-corrected chi connectivity index (χ3v) is 1.01. The van der Waals surface area contributed by atoms with Crippen molar-refractivity contribution >= 4 is 6.09 Å². The number of hydrogen-bond acceptors (Lipinski definition) is 2. The molecule has 68 valence electrons. The van der Waals surface area contributed by atoms with Crippen LogP contribution in [0.25, 0.3) is 0 Å². The lowest BCUT2D eigenvalue weighted by Crippen LogP contribution is -3.00. The zero-order valence-corrected chi connectivity index (χ0v) is 9.29. The van der Waals surface area contributed by atoms with Crippen molar-refractivity contribution in [2.24, 2.45) is 5.73 Å². The van der Waals surface area contributed by atoms with Gasteiger partial charge in [-0.25, -0.2) is 4.79 Å². The first kappa shape index (κ1) is 13.5. The minimum Gasteiger partial charge on any atom is -1.00 e. The molecular formula is C6H15IN2O2. The van der Waals surface area contributed by atoms with Crippen LogP contribution >= 0.6 is 0 Å². The molecule has 0 spiro atoms. The van der Waals surface area contributed by atoms with E-state index in [1.165, 1.54) is 0 Å². The highest BCUT2D eigenvalue weighted by atomic mass is 127. The molecule has 11 heavy (non-hydrogen) atoms. The molecule has 0 aromatic carbocycles. The third kappa shape index (κ3) is 13.0. The van der Waals surface area contributed by atoms with Crippen LogP contribution in [0.3, 0.4) is 0 Å². The van der Waals surface area contributed by atoms with Gasteiger partial charge in [-0.05, 0) is 0 Å². The number of hydrogen-bond donors (Lipinski definition) is 1. The van der Waals surface area contributed by atoms with Crippen molar-refractivity contribution in [3.8, 4) is 0 Å². The van der Waals surface area contributed by atoms with Gasteiger partial charge in [-0.3, -0.25) is 0 Å². The summed E-state index contributed by atoms with van der Waals surface area (Å²) < 4.78 is 5.31. The number of nitrogens with zero attached hydrogens (tertiary/aromatic N) is 1. The Hall–Kier alpha value is -0.0400. The molecule has 0 radical (unpaired) electrons. The summed E-state index contributed by atoms with van der Waals surface area (Å²) in [5.41, 5.74) is 4.75. The minimum atomic E-state index is -0.701. The van der Waals surface area contributed by atoms with Crippen LogP contribution in [0.5, 0.6) is 0 Å². The summed E-state index contributed by atoms with van der Waals surface area (Å²) in [5, 5.41) is 0. The Morgan fingerprint density at radius 1 is 1.45 bits per heavy atom. The number of ether oxygens (including phenoxy) is 1. The molecular weight excluding hydrogens is 259 g/mol. The van der Waals surface area contributed by atoms with E-state index in [0.717, 1.165) is 11.0 Å². The average molecular weight is 274 g/mol. The molecule has 0 saturated heterocycles. The number of carbonyl (C=O) groups is 1. The van der Waals surface area contributed by atoms with E-state index in [9.17, 15) is 4.79 Å². The van der Waals surface area contributed by atoms with Gasteiger partial charge in [0.15, 0.2) is 0 Å². The van der Waals surface area contributed by atoms with E-state index in [0.29, 0.717) is 6.61 Å². The monoisotopic (exact) mass is 274 g/mol. The molecule has 0 aliphatic carbocycles. The summed E-state index contributed by atoms with van der Waals surface area (Å²) in [6, 6.07) is 0. The first-order chi connectivity index (χ1) is 4.42. The molecule has 0 aliphatic rings. The number of quaternary nitrogens is 1. The second-order valence-corrected chi connectivity index (χ2v) is 3.18. The molecule has 0 saturated carbocycles. The summed E-state index contributed by atoms with van der Waals surface area (Å²) in [6.07, 6.45) is -0.701. The van der Waals surface area contributed by atoms with Gasteiger partial charge in [-0.1, -0.05) is 0 Å². The number of likely N-dealkylation sites (N-methyl/N-ethyl adjacent to an activating group) is 1. The van der Waals surface area contributed by atoms with Gasteiger partial charge in [0.05, 0.1) is 21.1 Å². The van der Waals surface area contributed by atoms with E-state index >= 15 is 0 Å². The highest BCUT2D eigenvalue weighted by Gasteiger charge is 2.06. The smallest absolute Gasteiger partial charge is 0.404 e. The molecule has 0 aromatic rings. The molecule has 0 aromatic heterocycles. The van der Waals surface area contributed by atoms with E-state index in [-0.39, 0.29) is 24.0 Å². The lowest BCUT2D eigenvalue weighted by Gasteiger charge is -2.22. The lowest BCUT2D eigenvalue weighted by molar-refractivity contribution is -0.870. The molecule has 0 fully saturated rings. The van der Waals surface area contributed by atoms with E-state index in [1.54, 1.807) is 0 Å². The van der Waals surface area contributed by atoms with Crippen LogP contribution in [0.2, 0.25) is 0 Å². The fourth-order valence-electron chi connectivity index (χ4n) is 0.420. The van der Waals surface area contributed by atoms with Crippen molar-refractivity contribution in [3.05, 3.63) is 0 Å². The van der Waals surface area contributed by atoms with Gasteiger partial charge in [0.2, 0.25) is 0 Å². The number of carbonyl (C=O) groups excluding carboxylic acids is 1. The standard InChI is InChI=1S/C6H14N2O2.HI/c1-8(2,3)4-5-10-6(7)9;/h4-5H2,1-3H3,(H-,7,9);1H. The molecule has 4 nitrogen and oxygen atoms in total. The highest BCUT2D eigenvalue weighted by molar-refractivity contribution is 5.64. The maximum absolute atomic E-state index is 10.1. The summed E-state index contributed by atoms with van der Waals surface area (Å²) >= 11 is 0. The molecule has 0 rings (SSSR count). The molecule has 0 heterocycles. The van der Waals surface area contributed by atoms with E-state index in [2.05, 4.69) is 4.74 Å².